The fourth-order valence-corrected chi connectivity index (χ4v) is 13.0. The number of hydrogen-bond donors (Lipinski definition) is 0. The predicted molar refractivity (Wildman–Crippen MR) is 255 cm³/mol. The molecule has 4 rings (SSSR count). The first kappa shape index (κ1) is 48.3. The van der Waals surface area contributed by atoms with E-state index in [0.717, 1.165) is 59.5 Å². The van der Waals surface area contributed by atoms with E-state index in [4.69, 9.17) is 0 Å². The van der Waals surface area contributed by atoms with Crippen LogP contribution in [0.1, 0.15) is 121 Å². The zero-order chi connectivity index (χ0) is 43.4. The van der Waals surface area contributed by atoms with Crippen molar-refractivity contribution in [1.82, 2.24) is 0 Å². The molecular formula is C52H70O4S3. The largest absolute Gasteiger partial charge is 0.223 e. The van der Waals surface area contributed by atoms with Crippen LogP contribution in [0, 0.1) is 10.8 Å². The van der Waals surface area contributed by atoms with Gasteiger partial charge in [-0.15, -0.1) is 0 Å². The van der Waals surface area contributed by atoms with Crippen LogP contribution in [0.25, 0.3) is 0 Å². The monoisotopic (exact) mass is 854 g/mol. The summed E-state index contributed by atoms with van der Waals surface area (Å²) in [5.41, 5.74) is 9.68. The topological polar surface area (TPSA) is 68.3 Å². The summed E-state index contributed by atoms with van der Waals surface area (Å²) in [4.78, 5) is 0.671. The van der Waals surface area contributed by atoms with Gasteiger partial charge in [0, 0.05) is 11.5 Å². The molecule has 0 N–H and O–H groups in total. The fraction of sp³-hybridized carbons (Fsp3) is 0.462. The Morgan fingerprint density at radius 1 is 0.610 bits per heavy atom. The summed E-state index contributed by atoms with van der Waals surface area (Å²) in [6.45, 7) is 21.6. The summed E-state index contributed by atoms with van der Waals surface area (Å²) in [6, 6.07) is 17.5. The van der Waals surface area contributed by atoms with Crippen LogP contribution in [0.5, 0.6) is 0 Å². The molecule has 0 saturated heterocycles. The summed E-state index contributed by atoms with van der Waals surface area (Å²) < 4.78 is 56.0. The van der Waals surface area contributed by atoms with Gasteiger partial charge in [-0.2, -0.15) is 11.8 Å². The molecule has 0 aromatic heterocycles. The van der Waals surface area contributed by atoms with Crippen molar-refractivity contribution in [2.45, 2.75) is 141 Å². The van der Waals surface area contributed by atoms with Crippen LogP contribution >= 0.6 is 11.8 Å². The molecule has 59 heavy (non-hydrogen) atoms. The molecule has 0 aliphatic heterocycles. The van der Waals surface area contributed by atoms with Gasteiger partial charge in [0.05, 0.1) is 20.3 Å². The molecule has 320 valence electrons. The first-order valence-corrected chi connectivity index (χ1v) is 25.6. The third kappa shape index (κ3) is 13.8. The van der Waals surface area contributed by atoms with Crippen LogP contribution in [0.15, 0.2) is 164 Å². The second kappa shape index (κ2) is 21.4. The summed E-state index contributed by atoms with van der Waals surface area (Å²) in [6.07, 6.45) is 24.4. The summed E-state index contributed by atoms with van der Waals surface area (Å²) >= 11 is 1.73. The van der Waals surface area contributed by atoms with Crippen molar-refractivity contribution in [3.63, 3.8) is 0 Å². The van der Waals surface area contributed by atoms with E-state index in [0.29, 0.717) is 22.6 Å². The molecule has 0 saturated carbocycles. The molecule has 0 radical (unpaired) electrons. The molecule has 7 heteroatoms. The Kier molecular flexibility index (Phi) is 17.5. The molecule has 0 fully saturated rings. The quantitative estimate of drug-likeness (QED) is 0.0849. The van der Waals surface area contributed by atoms with Gasteiger partial charge in [-0.1, -0.05) is 146 Å². The third-order valence-corrected chi connectivity index (χ3v) is 17.0. The number of hydrogen-bond acceptors (Lipinski definition) is 5. The number of rotatable bonds is 18. The minimum absolute atomic E-state index is 0.109. The maximum atomic E-state index is 14.0. The number of allylic oxidation sites excluding steroid dienone is 12. The minimum atomic E-state index is -3.62. The lowest BCUT2D eigenvalue weighted by Crippen LogP contribution is -2.20. The molecule has 2 aromatic rings. The standard InChI is InChI=1S/C52H70O4S3/c1-39(25-27-49-43(5)19-17-31-51(49,7)8)35-47(58(53,54)45-21-13-11-14-22-45)37-41(3)29-33-57-34-30-42(4)38-48(59(55,56)46-23-15-12-16-24-46)36-40(2)26-28-50-44(6)20-18-32-52(50,9)10/h11-16,21-30,35-36,47-48H,17-20,31-34,37-38H2,1-10H3. The van der Waals surface area contributed by atoms with Crippen molar-refractivity contribution in [3.05, 3.63) is 154 Å². The smallest absolute Gasteiger partial charge is 0.185 e. The molecule has 4 nitrogen and oxygen atoms in total. The van der Waals surface area contributed by atoms with Gasteiger partial charge in [-0.05, 0) is 139 Å². The lowest BCUT2D eigenvalue weighted by Gasteiger charge is -2.33. The molecule has 0 amide bonds. The predicted octanol–water partition coefficient (Wildman–Crippen LogP) is 14.1. The van der Waals surface area contributed by atoms with Gasteiger partial charge in [-0.3, -0.25) is 0 Å². The van der Waals surface area contributed by atoms with E-state index < -0.39 is 30.2 Å². The first-order chi connectivity index (χ1) is 27.7. The van der Waals surface area contributed by atoms with Crippen molar-refractivity contribution in [2.24, 2.45) is 10.8 Å². The second-order valence-electron chi connectivity index (χ2n) is 18.2. The molecule has 0 spiro atoms. The van der Waals surface area contributed by atoms with Gasteiger partial charge in [0.15, 0.2) is 19.7 Å². The molecule has 2 aliphatic rings. The summed E-state index contributed by atoms with van der Waals surface area (Å²) in [5, 5.41) is -1.39. The van der Waals surface area contributed by atoms with Crippen molar-refractivity contribution < 1.29 is 16.8 Å². The fourth-order valence-electron chi connectivity index (χ4n) is 8.51. The van der Waals surface area contributed by atoms with Crippen LogP contribution in [-0.4, -0.2) is 38.8 Å². The number of thioether (sulfide) groups is 1. The Hall–Kier alpha value is -3.39. The number of sulfone groups is 2. The zero-order valence-electron chi connectivity index (χ0n) is 37.5. The average Bonchev–Trinajstić information content (AvgIpc) is 3.17. The van der Waals surface area contributed by atoms with E-state index in [1.54, 1.807) is 60.3 Å². The van der Waals surface area contributed by atoms with E-state index in [2.05, 4.69) is 78.0 Å². The maximum absolute atomic E-state index is 14.0. The van der Waals surface area contributed by atoms with Gasteiger partial charge in [-0.25, -0.2) is 16.8 Å². The SMILES string of the molecule is CC(C=CC1=C(C)CCCC1(C)C)=CC(CC(C)=CCSCC=C(C)CC(C=C(C)C=CC1=C(C)CCCC1(C)C)S(=O)(=O)c1ccccc1)S(=O)(=O)c1ccccc1. The third-order valence-electron chi connectivity index (χ3n) is 12.1. The lowest BCUT2D eigenvalue weighted by molar-refractivity contribution is 0.376. The zero-order valence-corrected chi connectivity index (χ0v) is 39.9. The van der Waals surface area contributed by atoms with Gasteiger partial charge in [0.2, 0.25) is 0 Å². The highest BCUT2D eigenvalue weighted by atomic mass is 32.2. The Balaban J connectivity index is 1.47. The van der Waals surface area contributed by atoms with Crippen LogP contribution in [0.3, 0.4) is 0 Å². The van der Waals surface area contributed by atoms with Crippen molar-refractivity contribution in [1.29, 1.82) is 0 Å². The van der Waals surface area contributed by atoms with Crippen molar-refractivity contribution >= 4 is 31.4 Å². The van der Waals surface area contributed by atoms with Crippen molar-refractivity contribution in [3.8, 4) is 0 Å². The molecule has 2 atom stereocenters. The Bertz CT molecular complexity index is 2060. The highest BCUT2D eigenvalue weighted by molar-refractivity contribution is 7.99. The average molecular weight is 855 g/mol. The summed E-state index contributed by atoms with van der Waals surface area (Å²) in [5.74, 6) is 1.44. The van der Waals surface area contributed by atoms with Crippen LogP contribution < -0.4 is 0 Å². The van der Waals surface area contributed by atoms with Crippen molar-refractivity contribution in [2.75, 3.05) is 11.5 Å². The molecule has 0 heterocycles. The van der Waals surface area contributed by atoms with Gasteiger partial charge >= 0.3 is 0 Å². The Labute approximate surface area is 363 Å². The van der Waals surface area contributed by atoms with Crippen LogP contribution in [0.4, 0.5) is 0 Å². The molecule has 2 aromatic carbocycles. The molecule has 0 bridgehead atoms. The van der Waals surface area contributed by atoms with E-state index in [1.165, 1.54) is 35.1 Å². The highest BCUT2D eigenvalue weighted by Gasteiger charge is 2.30. The van der Waals surface area contributed by atoms with E-state index in [-0.39, 0.29) is 10.8 Å². The molecule has 2 aliphatic carbocycles. The summed E-state index contributed by atoms with van der Waals surface area (Å²) in [7, 11) is -7.25. The van der Waals surface area contributed by atoms with E-state index >= 15 is 0 Å². The van der Waals surface area contributed by atoms with Crippen LogP contribution in [-0.2, 0) is 19.7 Å². The lowest BCUT2D eigenvalue weighted by atomic mass is 9.72. The second-order valence-corrected chi connectivity index (χ2v) is 23.6. The Morgan fingerprint density at radius 2 is 0.966 bits per heavy atom. The van der Waals surface area contributed by atoms with Gasteiger partial charge < -0.3 is 0 Å². The normalized spacial score (nSPS) is 19.8. The first-order valence-electron chi connectivity index (χ1n) is 21.3. The van der Waals surface area contributed by atoms with Crippen LogP contribution in [0.2, 0.25) is 0 Å². The van der Waals surface area contributed by atoms with Gasteiger partial charge in [0.25, 0.3) is 0 Å². The highest BCUT2D eigenvalue weighted by Crippen LogP contribution is 2.42. The number of benzene rings is 2. The minimum Gasteiger partial charge on any atom is -0.223 e. The van der Waals surface area contributed by atoms with Gasteiger partial charge in [0.1, 0.15) is 0 Å². The molecular weight excluding hydrogens is 785 g/mol. The maximum Gasteiger partial charge on any atom is 0.185 e. The van der Waals surface area contributed by atoms with E-state index in [9.17, 15) is 16.8 Å². The Morgan fingerprint density at radius 3 is 1.31 bits per heavy atom. The molecule has 2 unspecified atom stereocenters. The van der Waals surface area contributed by atoms with E-state index in [1.807, 2.05) is 52.0 Å².